The Hall–Kier alpha value is -1.23. The lowest BCUT2D eigenvalue weighted by atomic mass is 9.82. The molecule has 0 unspecified atom stereocenters. The fraction of sp³-hybridized carbons (Fsp3) is 0.667. The topological polar surface area (TPSA) is 67.8 Å². The van der Waals surface area contributed by atoms with Crippen molar-refractivity contribution in [1.29, 1.82) is 0 Å². The summed E-state index contributed by atoms with van der Waals surface area (Å²) in [6.45, 7) is 2.44. The number of rotatable bonds is 4. The van der Waals surface area contributed by atoms with Gasteiger partial charge in [0, 0.05) is 5.41 Å². The van der Waals surface area contributed by atoms with E-state index in [1.165, 1.54) is 6.20 Å². The van der Waals surface area contributed by atoms with E-state index in [-0.39, 0.29) is 16.6 Å². The average Bonchev–Trinajstić information content (AvgIpc) is 2.88. The second-order valence-corrected chi connectivity index (χ2v) is 5.08. The molecule has 1 amide bonds. The van der Waals surface area contributed by atoms with E-state index in [0.717, 1.165) is 32.1 Å². The third-order valence-corrected chi connectivity index (χ3v) is 3.90. The Labute approximate surface area is 111 Å². The first-order valence-electron chi connectivity index (χ1n) is 6.29. The van der Waals surface area contributed by atoms with Gasteiger partial charge < -0.3 is 5.32 Å². The van der Waals surface area contributed by atoms with E-state index < -0.39 is 0 Å². The monoisotopic (exact) mass is 268 g/mol. The summed E-state index contributed by atoms with van der Waals surface area (Å²) in [7, 11) is 0. The van der Waals surface area contributed by atoms with Gasteiger partial charge in [0.1, 0.15) is 5.69 Å². The summed E-state index contributed by atoms with van der Waals surface area (Å²) in [6, 6.07) is 0. The molecule has 1 fully saturated rings. The van der Waals surface area contributed by atoms with E-state index in [2.05, 4.69) is 27.4 Å². The normalized spacial score (nSPS) is 17.7. The summed E-state index contributed by atoms with van der Waals surface area (Å²) in [6.07, 6.45) is 6.68. The third kappa shape index (κ3) is 2.77. The van der Waals surface area contributed by atoms with Crippen LogP contribution < -0.4 is 5.32 Å². The van der Waals surface area contributed by atoms with Crippen molar-refractivity contribution >= 4 is 17.5 Å². The van der Waals surface area contributed by atoms with Gasteiger partial charge in [-0.3, -0.25) is 4.79 Å². The van der Waals surface area contributed by atoms with E-state index in [1.807, 2.05) is 0 Å². The van der Waals surface area contributed by atoms with Gasteiger partial charge in [0.15, 0.2) is 0 Å². The van der Waals surface area contributed by atoms with Crippen LogP contribution in [0, 0.1) is 5.41 Å². The molecule has 1 N–H and O–H groups in total. The van der Waals surface area contributed by atoms with Crippen molar-refractivity contribution in [2.45, 2.75) is 45.6 Å². The van der Waals surface area contributed by atoms with Gasteiger partial charge in [-0.15, -0.1) is 10.2 Å². The zero-order valence-electron chi connectivity index (χ0n) is 10.4. The molecule has 6 heteroatoms. The van der Waals surface area contributed by atoms with Gasteiger partial charge >= 0.3 is 0 Å². The maximum absolute atomic E-state index is 12.2. The molecule has 18 heavy (non-hydrogen) atoms. The zero-order chi connectivity index (χ0) is 13.0. The number of carbonyl (C=O) groups is 1. The van der Waals surface area contributed by atoms with Gasteiger partial charge in [0.2, 0.25) is 11.2 Å². The Balaban J connectivity index is 1.93. The molecule has 0 aromatic carbocycles. The fourth-order valence-electron chi connectivity index (χ4n) is 2.52. The smallest absolute Gasteiger partial charge is 0.242 e. The Morgan fingerprint density at radius 3 is 2.72 bits per heavy atom. The van der Waals surface area contributed by atoms with Gasteiger partial charge in [-0.05, 0) is 30.9 Å². The minimum atomic E-state index is -0.173. The molecule has 1 aliphatic carbocycles. The van der Waals surface area contributed by atoms with Crippen molar-refractivity contribution in [3.8, 4) is 0 Å². The number of nitrogens with one attached hydrogen (secondary N) is 1. The summed E-state index contributed by atoms with van der Waals surface area (Å²) < 4.78 is 0. The highest BCUT2D eigenvalue weighted by Gasteiger charge is 2.38. The number of amides is 1. The summed E-state index contributed by atoms with van der Waals surface area (Å²) in [5.74, 6) is 0.124. The van der Waals surface area contributed by atoms with Crippen LogP contribution in [0.25, 0.3) is 0 Å². The molecule has 0 spiro atoms. The standard InChI is InChI=1S/C12H17ClN4O/c1-2-12(5-3-4-6-12)10(18)14-7-9-8-15-11(13)17-16-9/h8H,2-7H2,1H3,(H,14,18). The second kappa shape index (κ2) is 5.61. The van der Waals surface area contributed by atoms with Crippen molar-refractivity contribution < 1.29 is 4.79 Å². The van der Waals surface area contributed by atoms with E-state index in [1.54, 1.807) is 0 Å². The molecule has 5 nitrogen and oxygen atoms in total. The summed E-state index contributed by atoms with van der Waals surface area (Å²) in [5, 5.41) is 10.6. The van der Waals surface area contributed by atoms with Crippen molar-refractivity contribution in [3.63, 3.8) is 0 Å². The quantitative estimate of drug-likeness (QED) is 0.908. The van der Waals surface area contributed by atoms with Crippen LogP contribution in [0.15, 0.2) is 6.20 Å². The lowest BCUT2D eigenvalue weighted by Gasteiger charge is -2.25. The van der Waals surface area contributed by atoms with E-state index in [4.69, 9.17) is 11.6 Å². The highest BCUT2D eigenvalue weighted by Crippen LogP contribution is 2.41. The van der Waals surface area contributed by atoms with Gasteiger partial charge in [-0.1, -0.05) is 19.8 Å². The average molecular weight is 269 g/mol. The number of hydrogen-bond acceptors (Lipinski definition) is 4. The van der Waals surface area contributed by atoms with Gasteiger partial charge in [-0.25, -0.2) is 4.98 Å². The van der Waals surface area contributed by atoms with Crippen molar-refractivity contribution in [1.82, 2.24) is 20.5 Å². The highest BCUT2D eigenvalue weighted by atomic mass is 35.5. The minimum absolute atomic E-state index is 0.117. The van der Waals surface area contributed by atoms with Crippen LogP contribution in [0.2, 0.25) is 5.28 Å². The molecule has 1 aromatic heterocycles. The molecular weight excluding hydrogens is 252 g/mol. The van der Waals surface area contributed by atoms with Crippen LogP contribution in [0.4, 0.5) is 0 Å². The van der Waals surface area contributed by atoms with Crippen LogP contribution >= 0.6 is 11.6 Å². The SMILES string of the molecule is CCC1(C(=O)NCc2cnc(Cl)nn2)CCCC1. The third-order valence-electron chi connectivity index (χ3n) is 3.73. The molecule has 0 radical (unpaired) electrons. The van der Waals surface area contributed by atoms with E-state index in [9.17, 15) is 4.79 Å². The van der Waals surface area contributed by atoms with Crippen LogP contribution in [0.1, 0.15) is 44.7 Å². The minimum Gasteiger partial charge on any atom is -0.350 e. The maximum Gasteiger partial charge on any atom is 0.242 e. The first-order valence-corrected chi connectivity index (χ1v) is 6.66. The van der Waals surface area contributed by atoms with E-state index >= 15 is 0 Å². The number of halogens is 1. The van der Waals surface area contributed by atoms with Gasteiger partial charge in [-0.2, -0.15) is 0 Å². The van der Waals surface area contributed by atoms with Crippen LogP contribution in [-0.2, 0) is 11.3 Å². The van der Waals surface area contributed by atoms with Crippen molar-refractivity contribution in [2.75, 3.05) is 0 Å². The Morgan fingerprint density at radius 1 is 1.44 bits per heavy atom. The van der Waals surface area contributed by atoms with E-state index in [0.29, 0.717) is 12.2 Å². The number of aromatic nitrogens is 3. The maximum atomic E-state index is 12.2. The lowest BCUT2D eigenvalue weighted by molar-refractivity contribution is -0.131. The van der Waals surface area contributed by atoms with Gasteiger partial charge in [0.25, 0.3) is 0 Å². The van der Waals surface area contributed by atoms with Crippen LogP contribution in [0.3, 0.4) is 0 Å². The molecule has 1 saturated carbocycles. The molecule has 1 aliphatic rings. The van der Waals surface area contributed by atoms with Gasteiger partial charge in [0.05, 0.1) is 12.7 Å². The molecule has 98 valence electrons. The summed E-state index contributed by atoms with van der Waals surface area (Å²) in [5.41, 5.74) is 0.449. The lowest BCUT2D eigenvalue weighted by Crippen LogP contribution is -2.38. The number of nitrogens with zero attached hydrogens (tertiary/aromatic N) is 3. The van der Waals surface area contributed by atoms with Crippen LogP contribution in [0.5, 0.6) is 0 Å². The largest absolute Gasteiger partial charge is 0.350 e. The fourth-order valence-corrected chi connectivity index (χ4v) is 2.60. The molecule has 1 aromatic rings. The Morgan fingerprint density at radius 2 is 2.17 bits per heavy atom. The number of carbonyl (C=O) groups excluding carboxylic acids is 1. The molecule has 0 saturated heterocycles. The van der Waals surface area contributed by atoms with Crippen LogP contribution in [-0.4, -0.2) is 21.1 Å². The summed E-state index contributed by atoms with van der Waals surface area (Å²) >= 11 is 5.55. The Bertz CT molecular complexity index is 415. The predicted octanol–water partition coefficient (Wildman–Crippen LogP) is 2.11. The summed E-state index contributed by atoms with van der Waals surface area (Å²) in [4.78, 5) is 16.1. The zero-order valence-corrected chi connectivity index (χ0v) is 11.2. The second-order valence-electron chi connectivity index (χ2n) is 4.74. The number of hydrogen-bond donors (Lipinski definition) is 1. The molecule has 0 atom stereocenters. The molecule has 0 bridgehead atoms. The predicted molar refractivity (Wildman–Crippen MR) is 67.9 cm³/mol. The molecular formula is C12H17ClN4O. The first-order chi connectivity index (χ1) is 8.66. The molecule has 1 heterocycles. The highest BCUT2D eigenvalue weighted by molar-refractivity contribution is 6.28. The Kier molecular flexibility index (Phi) is 4.11. The molecule has 2 rings (SSSR count). The van der Waals surface area contributed by atoms with Crippen molar-refractivity contribution in [3.05, 3.63) is 17.2 Å². The molecule has 0 aliphatic heterocycles. The van der Waals surface area contributed by atoms with Crippen molar-refractivity contribution in [2.24, 2.45) is 5.41 Å². The first kappa shape index (κ1) is 13.2.